The number of anilines is 1. The lowest BCUT2D eigenvalue weighted by atomic mass is 9.88. The molecule has 2 atom stereocenters. The maximum Gasteiger partial charge on any atom is 0.242 e. The fourth-order valence-electron chi connectivity index (χ4n) is 6.20. The molecule has 2 aromatic carbocycles. The summed E-state index contributed by atoms with van der Waals surface area (Å²) in [5.74, 6) is 0.733. The molecule has 1 saturated carbocycles. The molecule has 212 valence electrons. The highest BCUT2D eigenvalue weighted by molar-refractivity contribution is 5.92. The molecule has 2 amide bonds. The van der Waals surface area contributed by atoms with E-state index in [1.807, 2.05) is 47.4 Å². The maximum atomic E-state index is 13.5. The van der Waals surface area contributed by atoms with Crippen LogP contribution in [0.5, 0.6) is 5.75 Å². The molecule has 2 aliphatic rings. The Morgan fingerprint density at radius 3 is 2.73 bits per heavy atom. The summed E-state index contributed by atoms with van der Waals surface area (Å²) in [5.41, 5.74) is 2.58. The van der Waals surface area contributed by atoms with Crippen molar-refractivity contribution in [1.82, 2.24) is 20.5 Å². The largest absolute Gasteiger partial charge is 0.497 e. The molecule has 8 nitrogen and oxygen atoms in total. The smallest absolute Gasteiger partial charge is 0.242 e. The number of benzene rings is 2. The highest BCUT2D eigenvalue weighted by atomic mass is 16.5. The molecule has 1 unspecified atom stereocenters. The number of amides is 2. The Kier molecular flexibility index (Phi) is 8.85. The number of fused-ring (bicyclic) bond motifs is 1. The van der Waals surface area contributed by atoms with Gasteiger partial charge in [-0.25, -0.2) is 0 Å². The fourth-order valence-corrected chi connectivity index (χ4v) is 6.20. The van der Waals surface area contributed by atoms with Gasteiger partial charge in [0.15, 0.2) is 0 Å². The van der Waals surface area contributed by atoms with E-state index in [2.05, 4.69) is 40.0 Å². The van der Waals surface area contributed by atoms with Crippen molar-refractivity contribution in [3.8, 4) is 5.75 Å². The van der Waals surface area contributed by atoms with Gasteiger partial charge in [-0.1, -0.05) is 42.8 Å². The minimum Gasteiger partial charge on any atom is -0.497 e. The van der Waals surface area contributed by atoms with Crippen molar-refractivity contribution in [3.63, 3.8) is 0 Å². The molecule has 2 fully saturated rings. The van der Waals surface area contributed by atoms with Crippen LogP contribution in [0.25, 0.3) is 10.9 Å². The van der Waals surface area contributed by atoms with Crippen LogP contribution in [0.3, 0.4) is 0 Å². The van der Waals surface area contributed by atoms with Crippen LogP contribution >= 0.6 is 0 Å². The average Bonchev–Trinajstić information content (AvgIpc) is 3.21. The van der Waals surface area contributed by atoms with E-state index in [0.717, 1.165) is 66.4 Å². The second-order valence-corrected chi connectivity index (χ2v) is 11.2. The number of carbonyl (C=O) groups is 2. The van der Waals surface area contributed by atoms with E-state index < -0.39 is 5.66 Å². The number of ether oxygens (including phenoxy) is 1. The molecule has 1 aliphatic carbocycles. The summed E-state index contributed by atoms with van der Waals surface area (Å²) >= 11 is 0. The predicted molar refractivity (Wildman–Crippen MR) is 158 cm³/mol. The van der Waals surface area contributed by atoms with Gasteiger partial charge in [-0.3, -0.25) is 19.9 Å². The minimum absolute atomic E-state index is 0.0397. The topological polar surface area (TPSA) is 95.6 Å². The Bertz CT molecular complexity index is 1310. The van der Waals surface area contributed by atoms with Gasteiger partial charge in [0.2, 0.25) is 11.8 Å². The summed E-state index contributed by atoms with van der Waals surface area (Å²) in [7, 11) is 1.67. The van der Waals surface area contributed by atoms with Gasteiger partial charge in [0.1, 0.15) is 12.3 Å². The third kappa shape index (κ3) is 6.39. The number of carbonyl (C=O) groups excluding carboxylic acids is 2. The SMILES string of the molecule is COc1cc(NC(C)CCCNC(=O)CN2C(=O)[C@H](Cc3ccccc3)NC23CCCCC3)c2ncccc2c1. The number of nitrogens with zero attached hydrogens (tertiary/aromatic N) is 2. The second-order valence-electron chi connectivity index (χ2n) is 11.2. The van der Waals surface area contributed by atoms with Crippen molar-refractivity contribution in [2.45, 2.75) is 76.0 Å². The summed E-state index contributed by atoms with van der Waals surface area (Å²) in [5, 5.41) is 11.3. The van der Waals surface area contributed by atoms with Gasteiger partial charge in [0.05, 0.1) is 30.0 Å². The van der Waals surface area contributed by atoms with E-state index in [0.29, 0.717) is 13.0 Å². The zero-order valence-electron chi connectivity index (χ0n) is 23.6. The van der Waals surface area contributed by atoms with E-state index >= 15 is 0 Å². The van der Waals surface area contributed by atoms with Crippen LogP contribution in [0, 0.1) is 0 Å². The van der Waals surface area contributed by atoms with Crippen LogP contribution < -0.4 is 20.7 Å². The normalized spacial score (nSPS) is 19.1. The summed E-state index contributed by atoms with van der Waals surface area (Å²) in [6.45, 7) is 2.80. The molecule has 3 N–H and O–H groups in total. The van der Waals surface area contributed by atoms with Crippen molar-refractivity contribution in [1.29, 1.82) is 0 Å². The molecule has 2 heterocycles. The molecular weight excluding hydrogens is 502 g/mol. The standard InChI is InChI=1S/C32H41N5O3/c1-23(35-27-21-26(40-2)20-25-14-10-18-34-30(25)27)11-9-17-33-29(38)22-37-31(39)28(19-24-12-5-3-6-13-24)36-32(37)15-7-4-8-16-32/h3,5-6,10,12-14,18,20-21,23,28,35-36H,4,7-9,11,15-17,19,22H2,1-2H3,(H,33,38)/t23?,28-/m0/s1. The minimum atomic E-state index is -0.405. The molecule has 8 heteroatoms. The van der Waals surface area contributed by atoms with Gasteiger partial charge in [-0.05, 0) is 69.6 Å². The van der Waals surface area contributed by atoms with Gasteiger partial charge < -0.3 is 20.3 Å². The average molecular weight is 544 g/mol. The molecule has 1 saturated heterocycles. The van der Waals surface area contributed by atoms with Crippen molar-refractivity contribution < 1.29 is 14.3 Å². The Hall–Kier alpha value is -3.65. The highest BCUT2D eigenvalue weighted by Gasteiger charge is 2.50. The summed E-state index contributed by atoms with van der Waals surface area (Å²) in [6, 6.07) is 17.9. The van der Waals surface area contributed by atoms with Gasteiger partial charge in [0, 0.05) is 30.2 Å². The van der Waals surface area contributed by atoms with E-state index in [9.17, 15) is 9.59 Å². The fraction of sp³-hybridized carbons (Fsp3) is 0.469. The lowest BCUT2D eigenvalue weighted by Crippen LogP contribution is -2.56. The lowest BCUT2D eigenvalue weighted by Gasteiger charge is -2.41. The summed E-state index contributed by atoms with van der Waals surface area (Å²) in [4.78, 5) is 32.9. The first-order valence-corrected chi connectivity index (χ1v) is 14.6. The molecule has 1 spiro atoms. The first kappa shape index (κ1) is 27.9. The predicted octanol–water partition coefficient (Wildman–Crippen LogP) is 4.64. The molecule has 1 aromatic heterocycles. The number of nitrogens with one attached hydrogen (secondary N) is 3. The van der Waals surface area contributed by atoms with E-state index in [-0.39, 0.29) is 30.4 Å². The number of aromatic nitrogens is 1. The van der Waals surface area contributed by atoms with E-state index in [1.165, 1.54) is 6.42 Å². The number of pyridine rings is 1. The summed E-state index contributed by atoms with van der Waals surface area (Å²) < 4.78 is 5.46. The first-order valence-electron chi connectivity index (χ1n) is 14.6. The highest BCUT2D eigenvalue weighted by Crippen LogP contribution is 2.36. The Labute approximate surface area is 236 Å². The van der Waals surface area contributed by atoms with Gasteiger partial charge >= 0.3 is 0 Å². The van der Waals surface area contributed by atoms with E-state index in [4.69, 9.17) is 4.74 Å². The number of rotatable bonds is 11. The third-order valence-electron chi connectivity index (χ3n) is 8.24. The Morgan fingerprint density at radius 1 is 1.15 bits per heavy atom. The Balaban J connectivity index is 1.13. The second kappa shape index (κ2) is 12.7. The van der Waals surface area contributed by atoms with Crippen LogP contribution in [0.2, 0.25) is 0 Å². The van der Waals surface area contributed by atoms with Gasteiger partial charge in [-0.15, -0.1) is 0 Å². The zero-order chi connectivity index (χ0) is 28.0. The zero-order valence-corrected chi connectivity index (χ0v) is 23.6. The number of hydrogen-bond acceptors (Lipinski definition) is 6. The van der Waals surface area contributed by atoms with Crippen LogP contribution in [0.15, 0.2) is 60.8 Å². The van der Waals surface area contributed by atoms with Crippen molar-refractivity contribution in [2.75, 3.05) is 25.5 Å². The molecule has 0 radical (unpaired) electrons. The monoisotopic (exact) mass is 543 g/mol. The number of hydrogen-bond donors (Lipinski definition) is 3. The molecular formula is C32H41N5O3. The van der Waals surface area contributed by atoms with Gasteiger partial charge in [0.25, 0.3) is 0 Å². The van der Waals surface area contributed by atoms with Crippen LogP contribution in [0.1, 0.15) is 57.4 Å². The van der Waals surface area contributed by atoms with E-state index in [1.54, 1.807) is 13.3 Å². The molecule has 3 aromatic rings. The Morgan fingerprint density at radius 2 is 1.95 bits per heavy atom. The van der Waals surface area contributed by atoms with Crippen LogP contribution in [-0.4, -0.2) is 59.6 Å². The first-order chi connectivity index (χ1) is 19.5. The molecule has 40 heavy (non-hydrogen) atoms. The quantitative estimate of drug-likeness (QED) is 0.305. The van der Waals surface area contributed by atoms with Crippen molar-refractivity contribution in [3.05, 3.63) is 66.4 Å². The van der Waals surface area contributed by atoms with Crippen molar-refractivity contribution >= 4 is 28.4 Å². The maximum absolute atomic E-state index is 13.5. The van der Waals surface area contributed by atoms with Crippen molar-refractivity contribution in [2.24, 2.45) is 0 Å². The van der Waals surface area contributed by atoms with Gasteiger partial charge in [-0.2, -0.15) is 0 Å². The van der Waals surface area contributed by atoms with Crippen LogP contribution in [0.4, 0.5) is 5.69 Å². The van der Waals surface area contributed by atoms with Crippen LogP contribution in [-0.2, 0) is 16.0 Å². The molecule has 0 bridgehead atoms. The lowest BCUT2D eigenvalue weighted by molar-refractivity contribution is -0.138. The summed E-state index contributed by atoms with van der Waals surface area (Å²) in [6.07, 6.45) is 9.24. The molecule has 5 rings (SSSR count). The molecule has 1 aliphatic heterocycles. The third-order valence-corrected chi connectivity index (χ3v) is 8.24. The number of methoxy groups -OCH3 is 1.